The summed E-state index contributed by atoms with van der Waals surface area (Å²) >= 11 is 5.92. The molecule has 1 unspecified atom stereocenters. The zero-order chi connectivity index (χ0) is 26.1. The number of anilines is 1. The second-order valence-electron chi connectivity index (χ2n) is 8.29. The van der Waals surface area contributed by atoms with Crippen molar-refractivity contribution < 1.29 is 31.1 Å². The number of alkyl halides is 3. The molecule has 0 fully saturated rings. The fourth-order valence-electron chi connectivity index (χ4n) is 3.88. The van der Waals surface area contributed by atoms with E-state index in [1.54, 1.807) is 25.1 Å². The summed E-state index contributed by atoms with van der Waals surface area (Å²) in [6.07, 6.45) is -4.98. The van der Waals surface area contributed by atoms with E-state index in [9.17, 15) is 26.4 Å². The van der Waals surface area contributed by atoms with Gasteiger partial charge in [-0.1, -0.05) is 36.7 Å². The fraction of sp³-hybridized carbons (Fsp3) is 0.240. The molecule has 1 N–H and O–H groups in total. The maximum atomic E-state index is 13.2. The zero-order valence-corrected chi connectivity index (χ0v) is 20.6. The lowest BCUT2D eigenvalue weighted by Gasteiger charge is -2.23. The molecule has 3 aromatic carbocycles. The van der Waals surface area contributed by atoms with E-state index < -0.39 is 27.9 Å². The Morgan fingerprint density at radius 2 is 1.83 bits per heavy atom. The molecular formula is C25H22ClF3N2O4S. The number of hydrogen-bond acceptors (Lipinski definition) is 4. The molecule has 1 atom stereocenters. The predicted octanol–water partition coefficient (Wildman–Crippen LogP) is 5.86. The molecule has 36 heavy (non-hydrogen) atoms. The molecule has 0 aliphatic carbocycles. The van der Waals surface area contributed by atoms with Crippen LogP contribution in [0.4, 0.5) is 18.9 Å². The monoisotopic (exact) mass is 538 g/mol. The van der Waals surface area contributed by atoms with Crippen LogP contribution in [0.2, 0.25) is 5.02 Å². The molecule has 3 aromatic rings. The minimum atomic E-state index is -4.50. The molecule has 0 radical (unpaired) electrons. The van der Waals surface area contributed by atoms with Gasteiger partial charge in [-0.05, 0) is 60.5 Å². The molecule has 1 aliphatic heterocycles. The number of carbonyl (C=O) groups excluding carboxylic acids is 1. The van der Waals surface area contributed by atoms with E-state index in [-0.39, 0.29) is 34.6 Å². The molecule has 190 valence electrons. The van der Waals surface area contributed by atoms with Gasteiger partial charge in [0.25, 0.3) is 15.9 Å². The summed E-state index contributed by atoms with van der Waals surface area (Å²) in [6, 6.07) is 15.2. The highest BCUT2D eigenvalue weighted by atomic mass is 35.5. The Labute approximate surface area is 211 Å². The van der Waals surface area contributed by atoms with Crippen LogP contribution in [-0.2, 0) is 34.1 Å². The fourth-order valence-corrected chi connectivity index (χ4v) is 5.23. The van der Waals surface area contributed by atoms with Crippen molar-refractivity contribution >= 4 is 33.2 Å². The molecule has 1 amide bonds. The summed E-state index contributed by atoms with van der Waals surface area (Å²) in [5.41, 5.74) is 0.259. The molecule has 4 rings (SSSR count). The van der Waals surface area contributed by atoms with Crippen molar-refractivity contribution in [1.29, 1.82) is 0 Å². The van der Waals surface area contributed by atoms with Crippen molar-refractivity contribution in [3.63, 3.8) is 0 Å². The van der Waals surface area contributed by atoms with Crippen molar-refractivity contribution in [2.45, 2.75) is 43.6 Å². The lowest BCUT2D eigenvalue weighted by atomic mass is 10.1. The third-order valence-electron chi connectivity index (χ3n) is 5.64. The largest absolute Gasteiger partial charge is 0.480 e. The minimum Gasteiger partial charge on any atom is -0.480 e. The number of carbonyl (C=O) groups is 1. The van der Waals surface area contributed by atoms with Crippen molar-refractivity contribution in [2.75, 3.05) is 4.72 Å². The van der Waals surface area contributed by atoms with Crippen molar-refractivity contribution in [3.8, 4) is 5.75 Å². The van der Waals surface area contributed by atoms with Gasteiger partial charge in [-0.25, -0.2) is 8.42 Å². The number of amides is 1. The second-order valence-corrected chi connectivity index (χ2v) is 10.4. The van der Waals surface area contributed by atoms with Gasteiger partial charge in [-0.15, -0.1) is 0 Å². The number of nitrogens with zero attached hydrogens (tertiary/aromatic N) is 1. The SMILES string of the molecule is CCC1Oc2ccc(NS(=O)(=O)c3cccc(Cl)c3)cc2CN(Cc2cccc(C(F)(F)F)c2)C1=O. The predicted molar refractivity (Wildman–Crippen MR) is 129 cm³/mol. The van der Waals surface area contributed by atoms with Gasteiger partial charge in [0.05, 0.1) is 10.5 Å². The Morgan fingerprint density at radius 1 is 1.08 bits per heavy atom. The van der Waals surface area contributed by atoms with Crippen LogP contribution < -0.4 is 9.46 Å². The number of benzene rings is 3. The molecule has 1 aliphatic rings. The summed E-state index contributed by atoms with van der Waals surface area (Å²) in [7, 11) is -3.94. The second kappa shape index (κ2) is 10.0. The van der Waals surface area contributed by atoms with Crippen LogP contribution in [0.3, 0.4) is 0 Å². The Morgan fingerprint density at radius 3 is 2.53 bits per heavy atom. The molecule has 0 saturated heterocycles. The highest BCUT2D eigenvalue weighted by molar-refractivity contribution is 7.92. The van der Waals surface area contributed by atoms with Crippen LogP contribution in [0.15, 0.2) is 71.6 Å². The molecule has 6 nitrogen and oxygen atoms in total. The van der Waals surface area contributed by atoms with Crippen LogP contribution in [0, 0.1) is 0 Å². The van der Waals surface area contributed by atoms with E-state index in [1.165, 1.54) is 41.3 Å². The Bertz CT molecular complexity index is 1400. The minimum absolute atomic E-state index is 0.0198. The standard InChI is InChI=1S/C25H22ClF3N2O4S/c1-2-22-24(32)31(14-16-5-3-6-18(11-16)25(27,28)29)15-17-12-20(9-10-23(17)35-22)30-36(33,34)21-8-4-7-19(26)13-21/h3-13,22,30H,2,14-15H2,1H3. The normalized spacial score (nSPS) is 16.2. The third-order valence-corrected chi connectivity index (χ3v) is 7.25. The van der Waals surface area contributed by atoms with Gasteiger partial charge in [0, 0.05) is 29.4 Å². The summed E-state index contributed by atoms with van der Waals surface area (Å²) in [6.45, 7) is 1.72. The topological polar surface area (TPSA) is 75.7 Å². The number of ether oxygens (including phenoxy) is 1. The molecule has 0 bridgehead atoms. The maximum Gasteiger partial charge on any atom is 0.416 e. The van der Waals surface area contributed by atoms with Gasteiger partial charge in [0.2, 0.25) is 0 Å². The first kappa shape index (κ1) is 25.8. The molecule has 0 aromatic heterocycles. The van der Waals surface area contributed by atoms with Crippen LogP contribution in [0.5, 0.6) is 5.75 Å². The molecule has 1 heterocycles. The van der Waals surface area contributed by atoms with E-state index in [4.69, 9.17) is 16.3 Å². The van der Waals surface area contributed by atoms with Gasteiger partial charge < -0.3 is 9.64 Å². The highest BCUT2D eigenvalue weighted by Crippen LogP contribution is 2.33. The Balaban J connectivity index is 1.63. The first-order valence-corrected chi connectivity index (χ1v) is 12.9. The summed E-state index contributed by atoms with van der Waals surface area (Å²) in [5.74, 6) is 0.0274. The van der Waals surface area contributed by atoms with Crippen molar-refractivity contribution in [1.82, 2.24) is 4.90 Å². The van der Waals surface area contributed by atoms with E-state index in [0.717, 1.165) is 12.1 Å². The maximum absolute atomic E-state index is 13.2. The summed E-state index contributed by atoms with van der Waals surface area (Å²) in [4.78, 5) is 14.5. The highest BCUT2D eigenvalue weighted by Gasteiger charge is 2.32. The van der Waals surface area contributed by atoms with Crippen molar-refractivity contribution in [3.05, 3.63) is 88.4 Å². The van der Waals surface area contributed by atoms with Crippen molar-refractivity contribution in [2.24, 2.45) is 0 Å². The lowest BCUT2D eigenvalue weighted by molar-refractivity contribution is -0.139. The van der Waals surface area contributed by atoms with Crippen LogP contribution in [0.25, 0.3) is 0 Å². The average Bonchev–Trinajstić information content (AvgIpc) is 2.94. The van der Waals surface area contributed by atoms with Gasteiger partial charge in [0.15, 0.2) is 6.10 Å². The average molecular weight is 539 g/mol. The lowest BCUT2D eigenvalue weighted by Crippen LogP contribution is -2.38. The number of halogens is 4. The van der Waals surface area contributed by atoms with Gasteiger partial charge in [-0.2, -0.15) is 13.2 Å². The molecular weight excluding hydrogens is 517 g/mol. The zero-order valence-electron chi connectivity index (χ0n) is 19.0. The van der Waals surface area contributed by atoms with E-state index in [1.807, 2.05) is 0 Å². The third kappa shape index (κ3) is 5.76. The summed E-state index contributed by atoms with van der Waals surface area (Å²) in [5, 5.41) is 0.266. The number of hydrogen-bond donors (Lipinski definition) is 1. The number of sulfonamides is 1. The van der Waals surface area contributed by atoms with Gasteiger partial charge in [-0.3, -0.25) is 9.52 Å². The van der Waals surface area contributed by atoms with E-state index in [0.29, 0.717) is 23.3 Å². The molecule has 0 saturated carbocycles. The first-order chi connectivity index (χ1) is 17.0. The van der Waals surface area contributed by atoms with Gasteiger partial charge >= 0.3 is 6.18 Å². The smallest absolute Gasteiger partial charge is 0.416 e. The first-order valence-electron chi connectivity index (χ1n) is 11.0. The van der Waals surface area contributed by atoms with Crippen LogP contribution in [0.1, 0.15) is 30.0 Å². The Kier molecular flexibility index (Phi) is 7.19. The van der Waals surface area contributed by atoms with Crippen LogP contribution in [-0.4, -0.2) is 25.3 Å². The number of nitrogens with one attached hydrogen (secondary N) is 1. The number of rotatable bonds is 6. The molecule has 0 spiro atoms. The summed E-state index contributed by atoms with van der Waals surface area (Å²) < 4.78 is 73.5. The van der Waals surface area contributed by atoms with E-state index >= 15 is 0 Å². The molecule has 11 heteroatoms. The van der Waals surface area contributed by atoms with Crippen LogP contribution >= 0.6 is 11.6 Å². The van der Waals surface area contributed by atoms with E-state index in [2.05, 4.69) is 4.72 Å². The quantitative estimate of drug-likeness (QED) is 0.426. The number of fused-ring (bicyclic) bond motifs is 1. The van der Waals surface area contributed by atoms with Gasteiger partial charge in [0.1, 0.15) is 5.75 Å². The Hall–Kier alpha value is -3.24.